The molecule has 0 aromatic heterocycles. The monoisotopic (exact) mass is 328 g/mol. The molecule has 0 aliphatic carbocycles. The molecular weight excluding hydrogens is 312 g/mol. The normalized spacial score (nSPS) is 33.9. The van der Waals surface area contributed by atoms with Gasteiger partial charge in [-0.1, -0.05) is 28.1 Å². The van der Waals surface area contributed by atoms with Gasteiger partial charge in [0.1, 0.15) is 6.10 Å². The Morgan fingerprint density at radius 3 is 2.79 bits per heavy atom. The number of rotatable bonds is 4. The van der Waals surface area contributed by atoms with Crippen LogP contribution in [-0.4, -0.2) is 28.8 Å². The Kier molecular flexibility index (Phi) is 3.85. The van der Waals surface area contributed by atoms with E-state index < -0.39 is 5.60 Å². The zero-order chi connectivity index (χ0) is 14.2. The summed E-state index contributed by atoms with van der Waals surface area (Å²) in [6, 6.07) is 0. The molecule has 104 valence electrons. The first kappa shape index (κ1) is 14.3. The number of esters is 1. The second-order valence-electron chi connectivity index (χ2n) is 5.28. The molecule has 3 atom stereocenters. The van der Waals surface area contributed by atoms with Gasteiger partial charge in [0.2, 0.25) is 5.78 Å². The summed E-state index contributed by atoms with van der Waals surface area (Å²) in [6.07, 6.45) is 2.04. The Morgan fingerprint density at radius 1 is 1.58 bits per heavy atom. The van der Waals surface area contributed by atoms with Crippen molar-refractivity contribution in [2.45, 2.75) is 38.4 Å². The van der Waals surface area contributed by atoms with Crippen LogP contribution in [0.1, 0.15) is 26.7 Å². The molecular formula is C14H17BrO4. The zero-order valence-corrected chi connectivity index (χ0v) is 12.7. The molecule has 0 bridgehead atoms. The first-order chi connectivity index (χ1) is 8.85. The van der Waals surface area contributed by atoms with Crippen LogP contribution in [0.5, 0.6) is 0 Å². The van der Waals surface area contributed by atoms with E-state index in [0.29, 0.717) is 23.9 Å². The Labute approximate surface area is 121 Å². The van der Waals surface area contributed by atoms with Gasteiger partial charge in [-0.05, 0) is 13.8 Å². The molecule has 0 N–H and O–H groups in total. The van der Waals surface area contributed by atoms with Crippen molar-refractivity contribution in [3.63, 3.8) is 0 Å². The lowest BCUT2D eigenvalue weighted by Crippen LogP contribution is -2.35. The van der Waals surface area contributed by atoms with E-state index in [1.165, 1.54) is 6.08 Å². The van der Waals surface area contributed by atoms with Crippen molar-refractivity contribution in [1.82, 2.24) is 0 Å². The molecule has 4 nitrogen and oxygen atoms in total. The highest BCUT2D eigenvalue weighted by atomic mass is 79.9. The van der Waals surface area contributed by atoms with E-state index in [9.17, 15) is 9.59 Å². The van der Waals surface area contributed by atoms with Gasteiger partial charge in [0.05, 0.1) is 12.2 Å². The molecule has 2 rings (SSSR count). The summed E-state index contributed by atoms with van der Waals surface area (Å²) in [5.41, 5.74) is -0.0572. The van der Waals surface area contributed by atoms with Crippen molar-refractivity contribution in [3.8, 4) is 0 Å². The van der Waals surface area contributed by atoms with Crippen molar-refractivity contribution in [2.24, 2.45) is 5.92 Å². The lowest BCUT2D eigenvalue weighted by atomic mass is 9.84. The number of hydrogen-bond acceptors (Lipinski definition) is 4. The lowest BCUT2D eigenvalue weighted by Gasteiger charge is -2.27. The second kappa shape index (κ2) is 5.12. The molecule has 0 aromatic carbocycles. The standard InChI is InChI=1S/C14H17BrO4/c1-8(10-5-13(17)18-11(10)7-15)6-14(3)12(16)4-9(2)19-14/h4,10-11H,1,5-7H2,2-3H3/t10-,11-,14?/m1/s1. The summed E-state index contributed by atoms with van der Waals surface area (Å²) in [6.45, 7) is 7.55. The lowest BCUT2D eigenvalue weighted by molar-refractivity contribution is -0.140. The van der Waals surface area contributed by atoms with Crippen molar-refractivity contribution in [3.05, 3.63) is 24.0 Å². The minimum absolute atomic E-state index is 0.0493. The molecule has 2 aliphatic rings. The van der Waals surface area contributed by atoms with Crippen molar-refractivity contribution in [1.29, 1.82) is 0 Å². The number of carbonyl (C=O) groups excluding carboxylic acids is 2. The van der Waals surface area contributed by atoms with Crippen molar-refractivity contribution >= 4 is 27.7 Å². The smallest absolute Gasteiger partial charge is 0.306 e. The molecule has 1 unspecified atom stereocenters. The maximum absolute atomic E-state index is 11.9. The van der Waals surface area contributed by atoms with Gasteiger partial charge in [0, 0.05) is 23.7 Å². The van der Waals surface area contributed by atoms with Crippen LogP contribution in [0.25, 0.3) is 0 Å². The summed E-state index contributed by atoms with van der Waals surface area (Å²) in [5.74, 6) is 0.303. The van der Waals surface area contributed by atoms with Crippen molar-refractivity contribution in [2.75, 3.05) is 5.33 Å². The topological polar surface area (TPSA) is 52.6 Å². The predicted octanol–water partition coefficient (Wildman–Crippen LogP) is 2.52. The summed E-state index contributed by atoms with van der Waals surface area (Å²) in [4.78, 5) is 23.3. The van der Waals surface area contributed by atoms with E-state index in [1.807, 2.05) is 0 Å². The maximum Gasteiger partial charge on any atom is 0.306 e. The maximum atomic E-state index is 11.9. The highest BCUT2D eigenvalue weighted by molar-refractivity contribution is 9.09. The van der Waals surface area contributed by atoms with Gasteiger partial charge >= 0.3 is 5.97 Å². The molecule has 5 heteroatoms. The molecule has 0 amide bonds. The predicted molar refractivity (Wildman–Crippen MR) is 73.8 cm³/mol. The Morgan fingerprint density at radius 2 is 2.26 bits per heavy atom. The second-order valence-corrected chi connectivity index (χ2v) is 5.93. The summed E-state index contributed by atoms with van der Waals surface area (Å²) in [5, 5.41) is 0.575. The quantitative estimate of drug-likeness (QED) is 0.452. The number of cyclic esters (lactones) is 1. The third-order valence-corrected chi connectivity index (χ3v) is 4.24. The third-order valence-electron chi connectivity index (χ3n) is 3.60. The average Bonchev–Trinajstić information content (AvgIpc) is 2.80. The van der Waals surface area contributed by atoms with Gasteiger partial charge in [0.15, 0.2) is 5.60 Å². The molecule has 0 saturated carbocycles. The van der Waals surface area contributed by atoms with Gasteiger partial charge in [0.25, 0.3) is 0 Å². The summed E-state index contributed by atoms with van der Waals surface area (Å²) in [7, 11) is 0. The van der Waals surface area contributed by atoms with Gasteiger partial charge in [-0.25, -0.2) is 0 Å². The number of halogens is 1. The van der Waals surface area contributed by atoms with Crippen LogP contribution in [0.3, 0.4) is 0 Å². The van der Waals surface area contributed by atoms with E-state index in [4.69, 9.17) is 9.47 Å². The van der Waals surface area contributed by atoms with Crippen molar-refractivity contribution < 1.29 is 19.1 Å². The van der Waals surface area contributed by atoms with Gasteiger partial charge in [-0.2, -0.15) is 0 Å². The molecule has 1 saturated heterocycles. The Bertz CT molecular complexity index is 468. The van der Waals surface area contributed by atoms with Gasteiger partial charge < -0.3 is 9.47 Å². The molecule has 2 heterocycles. The first-order valence-electron chi connectivity index (χ1n) is 6.20. The first-order valence-corrected chi connectivity index (χ1v) is 7.33. The van der Waals surface area contributed by atoms with Crippen LogP contribution in [0.2, 0.25) is 0 Å². The zero-order valence-electron chi connectivity index (χ0n) is 11.1. The van der Waals surface area contributed by atoms with E-state index in [0.717, 1.165) is 5.57 Å². The Balaban J connectivity index is 2.06. The van der Waals surface area contributed by atoms with Gasteiger partial charge in [-0.3, -0.25) is 9.59 Å². The van der Waals surface area contributed by atoms with Crippen LogP contribution in [0.4, 0.5) is 0 Å². The van der Waals surface area contributed by atoms with Gasteiger partial charge in [-0.15, -0.1) is 0 Å². The van der Waals surface area contributed by atoms with E-state index >= 15 is 0 Å². The molecule has 0 spiro atoms. The van der Waals surface area contributed by atoms with Crippen LogP contribution in [0.15, 0.2) is 24.0 Å². The van der Waals surface area contributed by atoms with E-state index in [2.05, 4.69) is 22.5 Å². The highest BCUT2D eigenvalue weighted by Crippen LogP contribution is 2.37. The molecule has 2 aliphatic heterocycles. The number of ether oxygens (including phenoxy) is 2. The number of allylic oxidation sites excluding steroid dienone is 1. The molecule has 1 fully saturated rings. The third kappa shape index (κ3) is 2.76. The molecule has 0 radical (unpaired) electrons. The molecule has 0 aromatic rings. The van der Waals surface area contributed by atoms with Crippen LogP contribution >= 0.6 is 15.9 Å². The fraction of sp³-hybridized carbons (Fsp3) is 0.571. The Hall–Kier alpha value is -1.10. The summed E-state index contributed by atoms with van der Waals surface area (Å²) < 4.78 is 10.8. The van der Waals surface area contributed by atoms with Crippen LogP contribution in [-0.2, 0) is 19.1 Å². The average molecular weight is 329 g/mol. The minimum Gasteiger partial charge on any atom is -0.484 e. The molecule has 19 heavy (non-hydrogen) atoms. The number of carbonyl (C=O) groups is 2. The highest BCUT2D eigenvalue weighted by Gasteiger charge is 2.43. The van der Waals surface area contributed by atoms with Crippen LogP contribution in [0, 0.1) is 5.92 Å². The van der Waals surface area contributed by atoms with E-state index in [-0.39, 0.29) is 23.8 Å². The SMILES string of the molecule is C=C(CC1(C)OC(C)=CC1=O)[C@H]1CC(=O)O[C@@H]1CBr. The largest absolute Gasteiger partial charge is 0.484 e. The fourth-order valence-electron chi connectivity index (χ4n) is 2.62. The fourth-order valence-corrected chi connectivity index (χ4v) is 3.20. The number of hydrogen-bond donors (Lipinski definition) is 0. The minimum atomic E-state index is -0.885. The number of ketones is 1. The van der Waals surface area contributed by atoms with E-state index in [1.54, 1.807) is 13.8 Å². The summed E-state index contributed by atoms with van der Waals surface area (Å²) >= 11 is 3.33. The number of alkyl halides is 1. The van der Waals surface area contributed by atoms with Crippen LogP contribution < -0.4 is 0 Å².